The van der Waals surface area contributed by atoms with Crippen LogP contribution in [0.5, 0.6) is 0 Å². The molecule has 0 nitrogen and oxygen atoms in total. The van der Waals surface area contributed by atoms with E-state index in [2.05, 4.69) is 50.2 Å². The average molecular weight is 186 g/mol. The van der Waals surface area contributed by atoms with Gasteiger partial charge in [0.1, 0.15) is 0 Å². The zero-order chi connectivity index (χ0) is 10.6. The first-order chi connectivity index (χ1) is 6.77. The minimum absolute atomic E-state index is 1.33. The van der Waals surface area contributed by atoms with Crippen molar-refractivity contribution in [3.8, 4) is 0 Å². The number of aryl methyl sites for hydroxylation is 2. The second kappa shape index (κ2) is 4.80. The predicted octanol–water partition coefficient (Wildman–Crippen LogP) is 4.48. The number of benzene rings is 2. The van der Waals surface area contributed by atoms with Gasteiger partial charge in [-0.1, -0.05) is 55.8 Å². The Kier molecular flexibility index (Phi) is 3.70. The highest BCUT2D eigenvalue weighted by Crippen LogP contribution is 2.18. The van der Waals surface area contributed by atoms with Crippen LogP contribution in [0.2, 0.25) is 0 Å². The van der Waals surface area contributed by atoms with E-state index in [9.17, 15) is 0 Å². The molecule has 0 saturated carbocycles. The lowest BCUT2D eigenvalue weighted by Crippen LogP contribution is -1.78. The minimum atomic E-state index is 1.33. The van der Waals surface area contributed by atoms with Crippen molar-refractivity contribution < 1.29 is 0 Å². The van der Waals surface area contributed by atoms with Crippen LogP contribution in [0.15, 0.2) is 36.4 Å². The molecule has 74 valence electrons. The summed E-state index contributed by atoms with van der Waals surface area (Å²) in [4.78, 5) is 0. The van der Waals surface area contributed by atoms with Crippen molar-refractivity contribution >= 4 is 10.8 Å². The summed E-state index contributed by atoms with van der Waals surface area (Å²) < 4.78 is 0. The van der Waals surface area contributed by atoms with Crippen molar-refractivity contribution in [2.24, 2.45) is 0 Å². The maximum absolute atomic E-state index is 2.24. The van der Waals surface area contributed by atoms with Crippen molar-refractivity contribution in [1.29, 1.82) is 0 Å². The van der Waals surface area contributed by atoms with E-state index in [4.69, 9.17) is 0 Å². The lowest BCUT2D eigenvalue weighted by atomic mass is 10.0. The number of hydrogen-bond donors (Lipinski definition) is 0. The molecule has 0 aliphatic rings. The molecule has 0 unspecified atom stereocenters. The molecular weight excluding hydrogens is 168 g/mol. The second-order valence-corrected chi connectivity index (χ2v) is 3.30. The van der Waals surface area contributed by atoms with Gasteiger partial charge < -0.3 is 0 Å². The SMILES string of the molecule is CC.Cc1ccc2cccc(C)c2c1. The van der Waals surface area contributed by atoms with Gasteiger partial charge in [0.2, 0.25) is 0 Å². The number of hydrogen-bond acceptors (Lipinski definition) is 0. The summed E-state index contributed by atoms with van der Waals surface area (Å²) in [5, 5.41) is 2.71. The van der Waals surface area contributed by atoms with Gasteiger partial charge in [-0.3, -0.25) is 0 Å². The van der Waals surface area contributed by atoms with Crippen LogP contribution >= 0.6 is 0 Å². The second-order valence-electron chi connectivity index (χ2n) is 3.30. The molecule has 0 saturated heterocycles. The molecule has 0 atom stereocenters. The molecule has 0 heterocycles. The van der Waals surface area contributed by atoms with E-state index in [1.807, 2.05) is 13.8 Å². The van der Waals surface area contributed by atoms with Gasteiger partial charge in [-0.2, -0.15) is 0 Å². The minimum Gasteiger partial charge on any atom is -0.0683 e. The van der Waals surface area contributed by atoms with Gasteiger partial charge in [-0.05, 0) is 30.2 Å². The normalized spacial score (nSPS) is 9.43. The van der Waals surface area contributed by atoms with Crippen molar-refractivity contribution in [2.75, 3.05) is 0 Å². The van der Waals surface area contributed by atoms with Gasteiger partial charge in [0.25, 0.3) is 0 Å². The summed E-state index contributed by atoms with van der Waals surface area (Å²) in [5.41, 5.74) is 2.69. The third-order valence-corrected chi connectivity index (χ3v) is 2.26. The molecule has 0 heteroatoms. The van der Waals surface area contributed by atoms with Crippen LogP contribution in [-0.4, -0.2) is 0 Å². The van der Waals surface area contributed by atoms with Crippen LogP contribution in [0.4, 0.5) is 0 Å². The molecule has 0 N–H and O–H groups in total. The predicted molar refractivity (Wildman–Crippen MR) is 64.8 cm³/mol. The van der Waals surface area contributed by atoms with E-state index in [-0.39, 0.29) is 0 Å². The Hall–Kier alpha value is -1.30. The van der Waals surface area contributed by atoms with Gasteiger partial charge in [-0.15, -0.1) is 0 Å². The smallest absolute Gasteiger partial charge is 0.0152 e. The highest BCUT2D eigenvalue weighted by molar-refractivity contribution is 5.86. The molecular formula is C14H18. The Balaban J connectivity index is 0.000000461. The molecule has 0 aliphatic carbocycles. The van der Waals surface area contributed by atoms with Crippen molar-refractivity contribution in [3.63, 3.8) is 0 Å². The molecule has 0 bridgehead atoms. The Morgan fingerprint density at radius 3 is 2.29 bits per heavy atom. The third kappa shape index (κ3) is 2.14. The summed E-state index contributed by atoms with van der Waals surface area (Å²) >= 11 is 0. The van der Waals surface area contributed by atoms with Crippen LogP contribution in [0.3, 0.4) is 0 Å². The summed E-state index contributed by atoms with van der Waals surface area (Å²) in [6, 6.07) is 13.0. The van der Waals surface area contributed by atoms with Gasteiger partial charge in [0.05, 0.1) is 0 Å². The zero-order valence-corrected chi connectivity index (χ0v) is 9.46. The standard InChI is InChI=1S/C12H12.C2H6/c1-9-6-7-11-5-3-4-10(2)12(11)8-9;1-2/h3-8H,1-2H3;1-2H3. The lowest BCUT2D eigenvalue weighted by molar-refractivity contribution is 1.47. The third-order valence-electron chi connectivity index (χ3n) is 2.26. The fourth-order valence-electron chi connectivity index (χ4n) is 1.54. The molecule has 0 aromatic heterocycles. The molecule has 0 amide bonds. The van der Waals surface area contributed by atoms with E-state index in [0.717, 1.165) is 0 Å². The highest BCUT2D eigenvalue weighted by atomic mass is 14.0. The van der Waals surface area contributed by atoms with Crippen LogP contribution in [0.25, 0.3) is 10.8 Å². The quantitative estimate of drug-likeness (QED) is 0.569. The first-order valence-electron chi connectivity index (χ1n) is 5.23. The number of rotatable bonds is 0. The Morgan fingerprint density at radius 1 is 0.857 bits per heavy atom. The first kappa shape index (κ1) is 10.8. The van der Waals surface area contributed by atoms with E-state index < -0.39 is 0 Å². The number of fused-ring (bicyclic) bond motifs is 1. The molecule has 2 aromatic rings. The maximum Gasteiger partial charge on any atom is -0.0152 e. The van der Waals surface area contributed by atoms with Crippen LogP contribution in [0, 0.1) is 13.8 Å². The van der Waals surface area contributed by atoms with E-state index >= 15 is 0 Å². The zero-order valence-electron chi connectivity index (χ0n) is 9.46. The van der Waals surface area contributed by atoms with Crippen LogP contribution in [0.1, 0.15) is 25.0 Å². The Morgan fingerprint density at radius 2 is 1.57 bits per heavy atom. The molecule has 0 radical (unpaired) electrons. The Bertz CT molecular complexity index is 413. The van der Waals surface area contributed by atoms with Gasteiger partial charge in [-0.25, -0.2) is 0 Å². The van der Waals surface area contributed by atoms with Crippen LogP contribution in [-0.2, 0) is 0 Å². The van der Waals surface area contributed by atoms with E-state index in [1.54, 1.807) is 0 Å². The maximum atomic E-state index is 2.24. The fraction of sp³-hybridized carbons (Fsp3) is 0.286. The van der Waals surface area contributed by atoms with Crippen LogP contribution < -0.4 is 0 Å². The molecule has 0 spiro atoms. The molecule has 0 fully saturated rings. The molecule has 14 heavy (non-hydrogen) atoms. The molecule has 0 aliphatic heterocycles. The first-order valence-corrected chi connectivity index (χ1v) is 5.23. The summed E-state index contributed by atoms with van der Waals surface area (Å²) in [6.45, 7) is 8.29. The monoisotopic (exact) mass is 186 g/mol. The van der Waals surface area contributed by atoms with Gasteiger partial charge >= 0.3 is 0 Å². The lowest BCUT2D eigenvalue weighted by Gasteiger charge is -2.01. The topological polar surface area (TPSA) is 0 Å². The van der Waals surface area contributed by atoms with Crippen molar-refractivity contribution in [2.45, 2.75) is 27.7 Å². The summed E-state index contributed by atoms with van der Waals surface area (Å²) in [5.74, 6) is 0. The molecule has 2 aromatic carbocycles. The van der Waals surface area contributed by atoms with Gasteiger partial charge in [0.15, 0.2) is 0 Å². The summed E-state index contributed by atoms with van der Waals surface area (Å²) in [7, 11) is 0. The van der Waals surface area contributed by atoms with E-state index in [0.29, 0.717) is 0 Å². The highest BCUT2D eigenvalue weighted by Gasteiger charge is 1.95. The van der Waals surface area contributed by atoms with Crippen molar-refractivity contribution in [3.05, 3.63) is 47.5 Å². The van der Waals surface area contributed by atoms with Gasteiger partial charge in [0, 0.05) is 0 Å². The molecule has 2 rings (SSSR count). The summed E-state index contributed by atoms with van der Waals surface area (Å²) in [6.07, 6.45) is 0. The largest absolute Gasteiger partial charge is 0.0683 e. The average Bonchev–Trinajstić information content (AvgIpc) is 2.22. The van der Waals surface area contributed by atoms with Crippen molar-refractivity contribution in [1.82, 2.24) is 0 Å². The van der Waals surface area contributed by atoms with E-state index in [1.165, 1.54) is 21.9 Å². The fourth-order valence-corrected chi connectivity index (χ4v) is 1.54. The Labute approximate surface area is 86.6 Å².